The Balaban J connectivity index is 1.81. The van der Waals surface area contributed by atoms with Gasteiger partial charge in [0.15, 0.2) is 6.61 Å². The Morgan fingerprint density at radius 3 is 2.57 bits per heavy atom. The number of rotatable bonds is 4. The summed E-state index contributed by atoms with van der Waals surface area (Å²) >= 11 is 0. The quantitative estimate of drug-likeness (QED) is 0.847. The molecule has 5 heteroatoms. The van der Waals surface area contributed by atoms with Crippen molar-refractivity contribution >= 4 is 17.5 Å². The van der Waals surface area contributed by atoms with E-state index in [1.54, 1.807) is 0 Å². The van der Waals surface area contributed by atoms with Crippen molar-refractivity contribution in [1.82, 2.24) is 4.90 Å². The summed E-state index contributed by atoms with van der Waals surface area (Å²) in [5.41, 5.74) is 2.61. The third-order valence-electron chi connectivity index (χ3n) is 4.80. The Labute approximate surface area is 166 Å². The minimum atomic E-state index is -0.0762. The average Bonchev–Trinajstić information content (AvgIpc) is 2.79. The molecule has 1 unspecified atom stereocenters. The van der Waals surface area contributed by atoms with Crippen LogP contribution in [0.3, 0.4) is 0 Å². The molecule has 1 atom stereocenters. The minimum Gasteiger partial charge on any atom is -0.483 e. The molecule has 0 aliphatic carbocycles. The van der Waals surface area contributed by atoms with E-state index >= 15 is 0 Å². The average molecular weight is 380 g/mol. The zero-order valence-corrected chi connectivity index (χ0v) is 17.0. The summed E-state index contributed by atoms with van der Waals surface area (Å²) in [4.78, 5) is 26.7. The highest BCUT2D eigenvalue weighted by molar-refractivity contribution is 5.91. The highest BCUT2D eigenvalue weighted by Crippen LogP contribution is 2.31. The Hall–Kier alpha value is -2.82. The van der Waals surface area contributed by atoms with E-state index in [4.69, 9.17) is 4.74 Å². The fourth-order valence-corrected chi connectivity index (χ4v) is 3.37. The second-order valence-electron chi connectivity index (χ2n) is 8.51. The van der Waals surface area contributed by atoms with E-state index in [0.717, 1.165) is 16.8 Å². The zero-order valence-electron chi connectivity index (χ0n) is 17.0. The van der Waals surface area contributed by atoms with Gasteiger partial charge in [-0.05, 0) is 36.1 Å². The van der Waals surface area contributed by atoms with Crippen LogP contribution >= 0.6 is 0 Å². The van der Waals surface area contributed by atoms with Crippen molar-refractivity contribution in [3.8, 4) is 5.75 Å². The van der Waals surface area contributed by atoms with Crippen LogP contribution in [0.15, 0.2) is 48.5 Å². The Kier molecular flexibility index (Phi) is 5.73. The first-order valence-corrected chi connectivity index (χ1v) is 9.63. The van der Waals surface area contributed by atoms with Crippen LogP contribution in [-0.2, 0) is 16.1 Å². The molecule has 1 aliphatic heterocycles. The maximum Gasteiger partial charge on any atom is 0.261 e. The van der Waals surface area contributed by atoms with Crippen LogP contribution in [0.2, 0.25) is 0 Å². The molecule has 1 aliphatic rings. The Bertz CT molecular complexity index is 856. The molecule has 2 aromatic carbocycles. The number of nitrogens with one attached hydrogen (secondary N) is 1. The van der Waals surface area contributed by atoms with E-state index in [1.165, 1.54) is 0 Å². The molecule has 5 nitrogen and oxygen atoms in total. The molecular weight excluding hydrogens is 352 g/mol. The molecular formula is C23H28N2O3. The first kappa shape index (κ1) is 19.9. The van der Waals surface area contributed by atoms with Crippen molar-refractivity contribution in [1.29, 1.82) is 0 Å². The summed E-state index contributed by atoms with van der Waals surface area (Å²) in [6.45, 7) is 8.57. The van der Waals surface area contributed by atoms with Gasteiger partial charge in [-0.2, -0.15) is 0 Å². The van der Waals surface area contributed by atoms with E-state index in [9.17, 15) is 9.59 Å². The summed E-state index contributed by atoms with van der Waals surface area (Å²) in [5, 5.41) is 2.96. The number of benzene rings is 2. The zero-order chi connectivity index (χ0) is 20.3. The number of carbonyl (C=O) groups excluding carboxylic acids is 2. The second kappa shape index (κ2) is 8.05. The van der Waals surface area contributed by atoms with E-state index in [-0.39, 0.29) is 29.9 Å². The predicted molar refractivity (Wildman–Crippen MR) is 110 cm³/mol. The normalized spacial score (nSPS) is 15.3. The summed E-state index contributed by atoms with van der Waals surface area (Å²) in [7, 11) is 0. The fraction of sp³-hybridized carbons (Fsp3) is 0.391. The lowest BCUT2D eigenvalue weighted by Gasteiger charge is -2.28. The molecule has 0 radical (unpaired) electrons. The maximum absolute atomic E-state index is 12.6. The van der Waals surface area contributed by atoms with Crippen molar-refractivity contribution in [2.75, 3.05) is 11.9 Å². The predicted octanol–water partition coefficient (Wildman–Crippen LogP) is 4.54. The van der Waals surface area contributed by atoms with Gasteiger partial charge in [0.2, 0.25) is 5.91 Å². The number of hydrogen-bond acceptors (Lipinski definition) is 3. The lowest BCUT2D eigenvalue weighted by molar-refractivity contribution is -0.135. The number of amides is 2. The van der Waals surface area contributed by atoms with Gasteiger partial charge in [-0.25, -0.2) is 0 Å². The summed E-state index contributed by atoms with van der Waals surface area (Å²) in [5.74, 6) is 0.614. The van der Waals surface area contributed by atoms with Crippen molar-refractivity contribution in [2.45, 2.75) is 46.7 Å². The fourth-order valence-electron chi connectivity index (χ4n) is 3.37. The molecule has 0 aromatic heterocycles. The van der Waals surface area contributed by atoms with E-state index in [2.05, 4.69) is 5.32 Å². The van der Waals surface area contributed by atoms with Crippen LogP contribution in [-0.4, -0.2) is 23.3 Å². The van der Waals surface area contributed by atoms with Crippen molar-refractivity contribution in [2.24, 2.45) is 5.41 Å². The molecule has 1 heterocycles. The van der Waals surface area contributed by atoms with Gasteiger partial charge in [-0.15, -0.1) is 0 Å². The van der Waals surface area contributed by atoms with Crippen molar-refractivity contribution in [3.05, 3.63) is 59.7 Å². The Morgan fingerprint density at radius 1 is 1.18 bits per heavy atom. The minimum absolute atomic E-state index is 0.0138. The first-order valence-electron chi connectivity index (χ1n) is 9.63. The van der Waals surface area contributed by atoms with Crippen LogP contribution in [0.4, 0.5) is 5.69 Å². The van der Waals surface area contributed by atoms with Gasteiger partial charge in [0.1, 0.15) is 5.75 Å². The van der Waals surface area contributed by atoms with Gasteiger partial charge < -0.3 is 15.0 Å². The van der Waals surface area contributed by atoms with Crippen LogP contribution < -0.4 is 10.1 Å². The van der Waals surface area contributed by atoms with E-state index in [1.807, 2.05) is 81.1 Å². The van der Waals surface area contributed by atoms with Gasteiger partial charge >= 0.3 is 0 Å². The summed E-state index contributed by atoms with van der Waals surface area (Å²) < 4.78 is 5.71. The monoisotopic (exact) mass is 380 g/mol. The SMILES string of the molecule is CC(c1ccccc1)N1Cc2cc(NC(=O)CC(C)(C)C)ccc2OCC1=O. The number of hydrogen-bond donors (Lipinski definition) is 1. The van der Waals surface area contributed by atoms with E-state index in [0.29, 0.717) is 18.7 Å². The molecule has 0 fully saturated rings. The maximum atomic E-state index is 12.6. The van der Waals surface area contributed by atoms with Crippen LogP contribution in [0.25, 0.3) is 0 Å². The molecule has 2 amide bonds. The van der Waals surface area contributed by atoms with Crippen LogP contribution in [0.5, 0.6) is 5.75 Å². The molecule has 0 bridgehead atoms. The van der Waals surface area contributed by atoms with Crippen molar-refractivity contribution < 1.29 is 14.3 Å². The smallest absolute Gasteiger partial charge is 0.261 e. The summed E-state index contributed by atoms with van der Waals surface area (Å²) in [6, 6.07) is 15.4. The lowest BCUT2D eigenvalue weighted by Crippen LogP contribution is -2.34. The molecule has 1 N–H and O–H groups in total. The number of nitrogens with zero attached hydrogens (tertiary/aromatic N) is 1. The largest absolute Gasteiger partial charge is 0.483 e. The van der Waals surface area contributed by atoms with Gasteiger partial charge in [0, 0.05) is 17.7 Å². The topological polar surface area (TPSA) is 58.6 Å². The number of carbonyl (C=O) groups is 2. The molecule has 3 rings (SSSR count). The van der Waals surface area contributed by atoms with Gasteiger partial charge in [-0.3, -0.25) is 9.59 Å². The molecule has 0 saturated carbocycles. The molecule has 148 valence electrons. The molecule has 0 spiro atoms. The van der Waals surface area contributed by atoms with E-state index < -0.39 is 0 Å². The van der Waals surface area contributed by atoms with Gasteiger partial charge in [0.05, 0.1) is 12.6 Å². The molecule has 0 saturated heterocycles. The highest BCUT2D eigenvalue weighted by Gasteiger charge is 2.27. The standard InChI is InChI=1S/C23H28N2O3/c1-16(17-8-6-5-7-9-17)25-14-18-12-19(24-21(26)13-23(2,3)4)10-11-20(18)28-15-22(25)27/h5-12,16H,13-15H2,1-4H3,(H,24,26). The number of ether oxygens (including phenoxy) is 1. The molecule has 2 aromatic rings. The van der Waals surface area contributed by atoms with Gasteiger partial charge in [0.25, 0.3) is 5.91 Å². The lowest BCUT2D eigenvalue weighted by atomic mass is 9.92. The van der Waals surface area contributed by atoms with Crippen LogP contribution in [0, 0.1) is 5.41 Å². The second-order valence-corrected chi connectivity index (χ2v) is 8.51. The third-order valence-corrected chi connectivity index (χ3v) is 4.80. The van der Waals surface area contributed by atoms with Crippen molar-refractivity contribution in [3.63, 3.8) is 0 Å². The third kappa shape index (κ3) is 4.91. The molecule has 28 heavy (non-hydrogen) atoms. The Morgan fingerprint density at radius 2 is 1.89 bits per heavy atom. The van der Waals surface area contributed by atoms with Crippen LogP contribution in [0.1, 0.15) is 51.3 Å². The number of fused-ring (bicyclic) bond motifs is 1. The first-order chi connectivity index (χ1) is 13.2. The highest BCUT2D eigenvalue weighted by atomic mass is 16.5. The van der Waals surface area contributed by atoms with Gasteiger partial charge in [-0.1, -0.05) is 51.1 Å². The number of anilines is 1. The summed E-state index contributed by atoms with van der Waals surface area (Å²) in [6.07, 6.45) is 0.441.